The van der Waals surface area contributed by atoms with Crippen LogP contribution in [0.25, 0.3) is 5.57 Å². The number of anilines is 1. The van der Waals surface area contributed by atoms with Crippen molar-refractivity contribution in [3.63, 3.8) is 0 Å². The Bertz CT molecular complexity index is 1030. The average Bonchev–Trinajstić information content (AvgIpc) is 2.90. The topological polar surface area (TPSA) is 78.8 Å². The maximum Gasteiger partial charge on any atom is 0.416 e. The third-order valence-corrected chi connectivity index (χ3v) is 5.63. The molecule has 1 heterocycles. The lowest BCUT2D eigenvalue weighted by Crippen LogP contribution is -2.35. The predicted octanol–water partition coefficient (Wildman–Crippen LogP) is 3.72. The number of hydrogen-bond acceptors (Lipinski definition) is 4. The number of carbonyl (C=O) groups excluding carboxylic acids is 1. The lowest BCUT2D eigenvalue weighted by molar-refractivity contribution is -0.137. The highest BCUT2D eigenvalue weighted by Crippen LogP contribution is 2.38. The molecule has 164 valence electrons. The van der Waals surface area contributed by atoms with Crippen LogP contribution < -0.4 is 10.1 Å². The maximum atomic E-state index is 13.0. The van der Waals surface area contributed by atoms with E-state index in [1.165, 1.54) is 12.1 Å². The molecular formula is C23H22F3NO4. The van der Waals surface area contributed by atoms with Crippen LogP contribution in [0, 0.1) is 0 Å². The molecule has 31 heavy (non-hydrogen) atoms. The first-order valence-electron chi connectivity index (χ1n) is 10.1. The third kappa shape index (κ3) is 4.60. The molecule has 4 rings (SSSR count). The number of carbonyl (C=O) groups is 1. The molecule has 5 nitrogen and oxygen atoms in total. The number of rotatable bonds is 2. The molecule has 0 radical (unpaired) electrons. The van der Waals surface area contributed by atoms with E-state index in [1.54, 1.807) is 12.1 Å². The second kappa shape index (κ2) is 8.36. The van der Waals surface area contributed by atoms with E-state index in [4.69, 9.17) is 4.74 Å². The summed E-state index contributed by atoms with van der Waals surface area (Å²) < 4.78 is 44.6. The molecule has 0 saturated heterocycles. The number of aliphatic hydroxyl groups excluding tert-OH is 2. The number of halogens is 3. The Balaban J connectivity index is 1.60. The van der Waals surface area contributed by atoms with Crippen LogP contribution in [0.5, 0.6) is 5.75 Å². The Labute approximate surface area is 177 Å². The monoisotopic (exact) mass is 433 g/mol. The minimum Gasteiger partial charge on any atom is -0.493 e. The van der Waals surface area contributed by atoms with Gasteiger partial charge in [0, 0.05) is 30.2 Å². The molecule has 2 atom stereocenters. The van der Waals surface area contributed by atoms with Gasteiger partial charge in [-0.1, -0.05) is 18.2 Å². The van der Waals surface area contributed by atoms with Gasteiger partial charge < -0.3 is 20.3 Å². The Morgan fingerprint density at radius 3 is 2.68 bits per heavy atom. The highest BCUT2D eigenvalue weighted by Gasteiger charge is 2.32. The number of hydrogen-bond donors (Lipinski definition) is 3. The van der Waals surface area contributed by atoms with E-state index < -0.39 is 29.9 Å². The van der Waals surface area contributed by atoms with E-state index in [9.17, 15) is 28.2 Å². The van der Waals surface area contributed by atoms with Gasteiger partial charge in [-0.2, -0.15) is 13.2 Å². The first kappa shape index (κ1) is 21.4. The Morgan fingerprint density at radius 1 is 1.13 bits per heavy atom. The van der Waals surface area contributed by atoms with Gasteiger partial charge in [-0.3, -0.25) is 4.79 Å². The third-order valence-electron chi connectivity index (χ3n) is 5.63. The van der Waals surface area contributed by atoms with E-state index >= 15 is 0 Å². The summed E-state index contributed by atoms with van der Waals surface area (Å²) in [6.07, 6.45) is -3.26. The summed E-state index contributed by atoms with van der Waals surface area (Å²) in [6.45, 7) is 0.264. The number of fused-ring (bicyclic) bond motifs is 2. The van der Waals surface area contributed by atoms with Gasteiger partial charge in [-0.15, -0.1) is 0 Å². The van der Waals surface area contributed by atoms with Crippen molar-refractivity contribution in [2.75, 3.05) is 11.9 Å². The maximum absolute atomic E-state index is 13.0. The summed E-state index contributed by atoms with van der Waals surface area (Å²) in [5.74, 6) is -0.308. The van der Waals surface area contributed by atoms with Crippen LogP contribution in [0.2, 0.25) is 0 Å². The van der Waals surface area contributed by atoms with Crippen molar-refractivity contribution < 1.29 is 32.9 Å². The normalized spacial score (nSPS) is 22.2. The quantitative estimate of drug-likeness (QED) is 0.631. The number of benzene rings is 2. The van der Waals surface area contributed by atoms with Gasteiger partial charge in [-0.25, -0.2) is 0 Å². The molecule has 2 aromatic carbocycles. The van der Waals surface area contributed by atoms with E-state index in [0.29, 0.717) is 36.1 Å². The van der Waals surface area contributed by atoms with Crippen LogP contribution >= 0.6 is 0 Å². The fraction of sp³-hybridized carbons (Fsp3) is 0.348. The predicted molar refractivity (Wildman–Crippen MR) is 109 cm³/mol. The lowest BCUT2D eigenvalue weighted by Gasteiger charge is -2.27. The van der Waals surface area contributed by atoms with Gasteiger partial charge in [0.2, 0.25) is 5.91 Å². The summed E-state index contributed by atoms with van der Waals surface area (Å²) in [7, 11) is 0. The zero-order chi connectivity index (χ0) is 22.2. The van der Waals surface area contributed by atoms with E-state index in [-0.39, 0.29) is 18.8 Å². The van der Waals surface area contributed by atoms with Gasteiger partial charge in [0.1, 0.15) is 5.75 Å². The van der Waals surface area contributed by atoms with Crippen molar-refractivity contribution >= 4 is 17.2 Å². The molecule has 0 fully saturated rings. The number of nitrogens with one attached hydrogen (secondary N) is 1. The Kier molecular flexibility index (Phi) is 5.77. The summed E-state index contributed by atoms with van der Waals surface area (Å²) in [5.41, 5.74) is 2.44. The molecule has 1 amide bonds. The molecule has 1 aliphatic heterocycles. The Hall–Kier alpha value is -2.84. The Morgan fingerprint density at radius 2 is 1.90 bits per heavy atom. The second-order valence-corrected chi connectivity index (χ2v) is 7.81. The molecule has 0 aromatic heterocycles. The highest BCUT2D eigenvalue weighted by molar-refractivity contribution is 6.04. The van der Waals surface area contributed by atoms with Crippen molar-refractivity contribution in [1.82, 2.24) is 0 Å². The fourth-order valence-electron chi connectivity index (χ4n) is 4.03. The largest absolute Gasteiger partial charge is 0.493 e. The standard InChI is InChI=1S/C23H22F3NO4/c24-23(25,26)15-6-7-16-14(4-2-8-31-21(16)11-15)10-22(30)27-18-5-1-3-13-9-19(28)20(29)12-17(13)18/h1,3,5-7,10-11,19-20,28-29H,2,4,8-9,12H2,(H,27,30)/b14-10+/t19-,20-/m0/s1. The summed E-state index contributed by atoms with van der Waals surface area (Å²) in [5, 5.41) is 22.7. The van der Waals surface area contributed by atoms with Gasteiger partial charge in [-0.05, 0) is 47.7 Å². The minimum atomic E-state index is -4.48. The fourth-order valence-corrected chi connectivity index (χ4v) is 4.03. The van der Waals surface area contributed by atoms with E-state index in [1.807, 2.05) is 6.07 Å². The van der Waals surface area contributed by atoms with Crippen molar-refractivity contribution in [1.29, 1.82) is 0 Å². The summed E-state index contributed by atoms with van der Waals surface area (Å²) >= 11 is 0. The number of amides is 1. The first-order chi connectivity index (χ1) is 14.7. The van der Waals surface area contributed by atoms with Crippen LogP contribution in [-0.4, -0.2) is 34.9 Å². The molecule has 0 saturated carbocycles. The van der Waals surface area contributed by atoms with Gasteiger partial charge >= 0.3 is 6.18 Å². The number of aliphatic hydroxyl groups is 2. The second-order valence-electron chi connectivity index (χ2n) is 7.81. The molecule has 2 aromatic rings. The summed E-state index contributed by atoms with van der Waals surface area (Å²) in [6, 6.07) is 8.62. The smallest absolute Gasteiger partial charge is 0.416 e. The number of ether oxygens (including phenoxy) is 1. The lowest BCUT2D eigenvalue weighted by atomic mass is 9.86. The molecule has 0 spiro atoms. The van der Waals surface area contributed by atoms with Crippen LogP contribution in [0.4, 0.5) is 18.9 Å². The molecule has 0 unspecified atom stereocenters. The molecule has 8 heteroatoms. The van der Waals surface area contributed by atoms with Gasteiger partial charge in [0.15, 0.2) is 0 Å². The zero-order valence-corrected chi connectivity index (χ0v) is 16.6. The van der Waals surface area contributed by atoms with Gasteiger partial charge in [0.05, 0.1) is 24.4 Å². The minimum absolute atomic E-state index is 0.112. The molecule has 1 aliphatic carbocycles. The van der Waals surface area contributed by atoms with Crippen LogP contribution in [-0.2, 0) is 23.8 Å². The molecule has 3 N–H and O–H groups in total. The average molecular weight is 433 g/mol. The van der Waals surface area contributed by atoms with Crippen molar-refractivity contribution in [2.24, 2.45) is 0 Å². The van der Waals surface area contributed by atoms with Crippen molar-refractivity contribution in [2.45, 2.75) is 44.1 Å². The van der Waals surface area contributed by atoms with E-state index in [2.05, 4.69) is 5.32 Å². The van der Waals surface area contributed by atoms with Crippen LogP contribution in [0.1, 0.15) is 35.1 Å². The van der Waals surface area contributed by atoms with Crippen molar-refractivity contribution in [3.8, 4) is 5.75 Å². The SMILES string of the molecule is O=C(/C=C1\CCCOc2cc(C(F)(F)F)ccc21)Nc1cccc2c1C[C@H](O)[C@@H](O)C2. The van der Waals surface area contributed by atoms with Crippen LogP contribution in [0.15, 0.2) is 42.5 Å². The first-order valence-corrected chi connectivity index (χ1v) is 10.1. The number of alkyl halides is 3. The summed E-state index contributed by atoms with van der Waals surface area (Å²) in [4.78, 5) is 12.7. The van der Waals surface area contributed by atoms with Gasteiger partial charge in [0.25, 0.3) is 0 Å². The molecular weight excluding hydrogens is 411 g/mol. The molecule has 2 aliphatic rings. The molecule has 0 bridgehead atoms. The van der Waals surface area contributed by atoms with Crippen molar-refractivity contribution in [3.05, 3.63) is 64.7 Å². The number of allylic oxidation sites excluding steroid dienone is 1. The highest BCUT2D eigenvalue weighted by atomic mass is 19.4. The van der Waals surface area contributed by atoms with E-state index in [0.717, 1.165) is 23.3 Å². The zero-order valence-electron chi connectivity index (χ0n) is 16.6. The van der Waals surface area contributed by atoms with Crippen LogP contribution in [0.3, 0.4) is 0 Å².